The molecule has 0 spiro atoms. The Hall–Kier alpha value is -1.09. The number of hydrogen-bond donors (Lipinski definition) is 1. The van der Waals surface area contributed by atoms with Gasteiger partial charge in [-0.15, -0.1) is 0 Å². The molecular formula is C17H26FNO. The van der Waals surface area contributed by atoms with Crippen LogP contribution < -0.4 is 10.1 Å². The summed E-state index contributed by atoms with van der Waals surface area (Å²) in [7, 11) is 0. The Kier molecular flexibility index (Phi) is 5.03. The molecule has 0 bridgehead atoms. The molecule has 1 N–H and O–H groups in total. The first-order chi connectivity index (χ1) is 9.52. The van der Waals surface area contributed by atoms with Crippen molar-refractivity contribution in [3.63, 3.8) is 0 Å². The zero-order valence-electron chi connectivity index (χ0n) is 12.9. The van der Waals surface area contributed by atoms with Crippen LogP contribution in [0.25, 0.3) is 0 Å². The maximum Gasteiger partial charge on any atom is 0.167 e. The van der Waals surface area contributed by atoms with Crippen LogP contribution in [0.5, 0.6) is 5.75 Å². The summed E-state index contributed by atoms with van der Waals surface area (Å²) in [6, 6.07) is 5.66. The van der Waals surface area contributed by atoms with Gasteiger partial charge < -0.3 is 10.1 Å². The van der Waals surface area contributed by atoms with Gasteiger partial charge in [0.25, 0.3) is 0 Å². The highest BCUT2D eigenvalue weighted by atomic mass is 19.1. The molecule has 4 atom stereocenters. The predicted octanol–water partition coefficient (Wildman–Crippen LogP) is 3.93. The molecule has 3 heteroatoms. The first-order valence-corrected chi connectivity index (χ1v) is 7.68. The summed E-state index contributed by atoms with van der Waals surface area (Å²) in [6.45, 7) is 9.29. The van der Waals surface area contributed by atoms with E-state index in [4.69, 9.17) is 4.74 Å². The fourth-order valence-corrected chi connectivity index (χ4v) is 3.35. The molecular weight excluding hydrogens is 253 g/mol. The summed E-state index contributed by atoms with van der Waals surface area (Å²) in [5, 5.41) is 3.50. The molecule has 0 radical (unpaired) electrons. The summed E-state index contributed by atoms with van der Waals surface area (Å²) in [5.74, 6) is 1.28. The Morgan fingerprint density at radius 3 is 2.75 bits per heavy atom. The highest BCUT2D eigenvalue weighted by molar-refractivity contribution is 5.30. The number of halogens is 1. The van der Waals surface area contributed by atoms with E-state index in [0.29, 0.717) is 29.2 Å². The predicted molar refractivity (Wildman–Crippen MR) is 80.6 cm³/mol. The molecule has 0 amide bonds. The Bertz CT molecular complexity index is 449. The number of benzene rings is 1. The quantitative estimate of drug-likeness (QED) is 0.902. The van der Waals surface area contributed by atoms with Gasteiger partial charge in [0.1, 0.15) is 6.10 Å². The third kappa shape index (κ3) is 3.32. The van der Waals surface area contributed by atoms with Gasteiger partial charge in [0.15, 0.2) is 11.6 Å². The normalized spacial score (nSPS) is 30.2. The fourth-order valence-electron chi connectivity index (χ4n) is 3.35. The van der Waals surface area contributed by atoms with Crippen molar-refractivity contribution in [3.05, 3.63) is 29.6 Å². The van der Waals surface area contributed by atoms with Crippen molar-refractivity contribution in [1.29, 1.82) is 0 Å². The average molecular weight is 279 g/mol. The highest BCUT2D eigenvalue weighted by Crippen LogP contribution is 2.33. The second-order valence-electron chi connectivity index (χ2n) is 6.19. The number of nitrogens with one attached hydrogen (secondary N) is 1. The van der Waals surface area contributed by atoms with Crippen molar-refractivity contribution < 1.29 is 9.13 Å². The van der Waals surface area contributed by atoms with Crippen LogP contribution in [0.3, 0.4) is 0 Å². The first-order valence-electron chi connectivity index (χ1n) is 7.68. The molecule has 2 rings (SSSR count). The number of rotatable bonds is 4. The third-order valence-electron chi connectivity index (χ3n) is 4.27. The van der Waals surface area contributed by atoms with Crippen molar-refractivity contribution in [2.24, 2.45) is 11.8 Å². The van der Waals surface area contributed by atoms with Gasteiger partial charge in [-0.3, -0.25) is 0 Å². The summed E-state index contributed by atoms with van der Waals surface area (Å²) in [5.41, 5.74) is 0.638. The molecule has 1 aromatic carbocycles. The van der Waals surface area contributed by atoms with Crippen molar-refractivity contribution in [2.45, 2.75) is 52.7 Å². The third-order valence-corrected chi connectivity index (χ3v) is 4.27. The molecule has 20 heavy (non-hydrogen) atoms. The van der Waals surface area contributed by atoms with E-state index in [-0.39, 0.29) is 11.9 Å². The number of hydrogen-bond acceptors (Lipinski definition) is 2. The van der Waals surface area contributed by atoms with Crippen LogP contribution in [-0.2, 0) is 0 Å². The largest absolute Gasteiger partial charge is 0.485 e. The summed E-state index contributed by atoms with van der Waals surface area (Å²) < 4.78 is 20.2. The smallest absolute Gasteiger partial charge is 0.167 e. The zero-order valence-corrected chi connectivity index (χ0v) is 12.9. The maximum absolute atomic E-state index is 14.1. The summed E-state index contributed by atoms with van der Waals surface area (Å²) >= 11 is 0. The minimum absolute atomic E-state index is 0.0439. The van der Waals surface area contributed by atoms with E-state index >= 15 is 0 Å². The van der Waals surface area contributed by atoms with Gasteiger partial charge in [-0.25, -0.2) is 4.39 Å². The topological polar surface area (TPSA) is 21.3 Å². The van der Waals surface area contributed by atoms with Crippen molar-refractivity contribution in [2.75, 3.05) is 6.54 Å². The van der Waals surface area contributed by atoms with Gasteiger partial charge in [-0.2, -0.15) is 0 Å². The lowest BCUT2D eigenvalue weighted by atomic mass is 9.78. The second kappa shape index (κ2) is 6.57. The minimum atomic E-state index is -0.228. The highest BCUT2D eigenvalue weighted by Gasteiger charge is 2.35. The molecule has 2 nitrogen and oxygen atoms in total. The summed E-state index contributed by atoms with van der Waals surface area (Å²) in [6.07, 6.45) is 2.28. The van der Waals surface area contributed by atoms with E-state index in [2.05, 4.69) is 26.1 Å². The molecule has 1 fully saturated rings. The van der Waals surface area contributed by atoms with E-state index in [1.165, 1.54) is 0 Å². The van der Waals surface area contributed by atoms with Crippen molar-refractivity contribution in [3.8, 4) is 5.75 Å². The molecule has 1 aromatic rings. The fraction of sp³-hybridized carbons (Fsp3) is 0.647. The van der Waals surface area contributed by atoms with Crippen molar-refractivity contribution >= 4 is 0 Å². The van der Waals surface area contributed by atoms with E-state index in [0.717, 1.165) is 19.4 Å². The molecule has 112 valence electrons. The molecule has 0 aliphatic heterocycles. The van der Waals surface area contributed by atoms with E-state index in [1.54, 1.807) is 19.1 Å². The molecule has 0 saturated heterocycles. The van der Waals surface area contributed by atoms with Crippen molar-refractivity contribution in [1.82, 2.24) is 5.32 Å². The van der Waals surface area contributed by atoms with Crippen LogP contribution in [0.1, 0.15) is 39.2 Å². The van der Waals surface area contributed by atoms with E-state index < -0.39 is 0 Å². The SMILES string of the molecule is CCNC1CC(C)CC(C)C1Oc1cccc(C)c1F. The first kappa shape index (κ1) is 15.3. The van der Waals surface area contributed by atoms with Crippen LogP contribution in [-0.4, -0.2) is 18.7 Å². The standard InChI is InChI=1S/C17H26FNO/c1-5-19-14-10-11(2)9-13(4)17(14)20-15-8-6-7-12(3)16(15)18/h6-8,11,13-14,17,19H,5,9-10H2,1-4H3. The number of likely N-dealkylation sites (N-methyl/N-ethyl adjacent to an activating group) is 1. The van der Waals surface area contributed by atoms with Crippen LogP contribution >= 0.6 is 0 Å². The Labute approximate surface area is 121 Å². The van der Waals surface area contributed by atoms with E-state index in [1.807, 2.05) is 6.07 Å². The lowest BCUT2D eigenvalue weighted by Crippen LogP contribution is -2.51. The number of aryl methyl sites for hydroxylation is 1. The van der Waals surface area contributed by atoms with Crippen LogP contribution in [0.15, 0.2) is 18.2 Å². The zero-order chi connectivity index (χ0) is 14.7. The molecule has 1 aliphatic rings. The van der Waals surface area contributed by atoms with Gasteiger partial charge in [-0.1, -0.05) is 32.9 Å². The molecule has 1 aliphatic carbocycles. The second-order valence-corrected chi connectivity index (χ2v) is 6.19. The Morgan fingerprint density at radius 2 is 2.05 bits per heavy atom. The molecule has 0 heterocycles. The Morgan fingerprint density at radius 1 is 1.30 bits per heavy atom. The van der Waals surface area contributed by atoms with E-state index in [9.17, 15) is 4.39 Å². The molecule has 0 aromatic heterocycles. The van der Waals surface area contributed by atoms with Crippen LogP contribution in [0, 0.1) is 24.6 Å². The lowest BCUT2D eigenvalue weighted by molar-refractivity contribution is 0.0453. The van der Waals surface area contributed by atoms with Crippen LogP contribution in [0.2, 0.25) is 0 Å². The molecule has 4 unspecified atom stereocenters. The summed E-state index contributed by atoms with van der Waals surface area (Å²) in [4.78, 5) is 0. The molecule has 1 saturated carbocycles. The number of ether oxygens (including phenoxy) is 1. The van der Waals surface area contributed by atoms with Gasteiger partial charge in [0.05, 0.1) is 0 Å². The monoisotopic (exact) mass is 279 g/mol. The van der Waals surface area contributed by atoms with Gasteiger partial charge in [0.2, 0.25) is 0 Å². The van der Waals surface area contributed by atoms with Gasteiger partial charge >= 0.3 is 0 Å². The lowest BCUT2D eigenvalue weighted by Gasteiger charge is -2.40. The van der Waals surface area contributed by atoms with Crippen LogP contribution in [0.4, 0.5) is 4.39 Å². The van der Waals surface area contributed by atoms with Gasteiger partial charge in [0, 0.05) is 6.04 Å². The maximum atomic E-state index is 14.1. The van der Waals surface area contributed by atoms with Gasteiger partial charge in [-0.05, 0) is 49.8 Å². The minimum Gasteiger partial charge on any atom is -0.485 e. The average Bonchev–Trinajstić information content (AvgIpc) is 2.38. The Balaban J connectivity index is 2.17.